The molecule has 1 rings (SSSR count). The molecule has 0 aromatic rings. The Morgan fingerprint density at radius 2 is 2.06 bits per heavy atom. The van der Waals surface area contributed by atoms with E-state index in [4.69, 9.17) is 0 Å². The monoisotopic (exact) mass is 221 g/mol. The van der Waals surface area contributed by atoms with Gasteiger partial charge in [0.15, 0.2) is 0 Å². The topological polar surface area (TPSA) is 29.4 Å². The van der Waals surface area contributed by atoms with Gasteiger partial charge in [-0.3, -0.25) is 0 Å². The lowest BCUT2D eigenvalue weighted by Crippen LogP contribution is -2.37. The average molecular weight is 221 g/mol. The van der Waals surface area contributed by atoms with Crippen molar-refractivity contribution in [2.45, 2.75) is 59.4 Å². The van der Waals surface area contributed by atoms with Crippen LogP contribution in [0.5, 0.6) is 0 Å². The molecule has 0 radical (unpaired) electrons. The van der Waals surface area contributed by atoms with Crippen LogP contribution < -0.4 is 0 Å². The van der Waals surface area contributed by atoms with Crippen molar-refractivity contribution in [2.75, 3.05) is 0 Å². The van der Waals surface area contributed by atoms with E-state index in [1.807, 2.05) is 0 Å². The maximum absolute atomic E-state index is 10.4. The Bertz CT molecular complexity index is 313. The van der Waals surface area contributed by atoms with Crippen molar-refractivity contribution in [1.82, 2.24) is 0 Å². The zero-order chi connectivity index (χ0) is 12.2. The van der Waals surface area contributed by atoms with Crippen molar-refractivity contribution >= 4 is 6.08 Å². The van der Waals surface area contributed by atoms with Crippen molar-refractivity contribution in [2.24, 2.45) is 15.8 Å². The minimum atomic E-state index is 0.163. The third-order valence-electron chi connectivity index (χ3n) is 3.50. The molecule has 1 aliphatic rings. The van der Waals surface area contributed by atoms with E-state index in [0.717, 1.165) is 19.3 Å². The SMILES string of the molecule is CC=CCC1(C)CC(N=C=O)CC(C)(C)C1. The van der Waals surface area contributed by atoms with Gasteiger partial charge >= 0.3 is 0 Å². The summed E-state index contributed by atoms with van der Waals surface area (Å²) in [7, 11) is 0. The van der Waals surface area contributed by atoms with Gasteiger partial charge in [-0.25, -0.2) is 9.79 Å². The van der Waals surface area contributed by atoms with Crippen LogP contribution in [0.15, 0.2) is 17.1 Å². The van der Waals surface area contributed by atoms with Crippen LogP contribution in [0.1, 0.15) is 53.4 Å². The minimum absolute atomic E-state index is 0.163. The maximum Gasteiger partial charge on any atom is 0.235 e. The highest BCUT2D eigenvalue weighted by Gasteiger charge is 2.40. The molecule has 0 spiro atoms. The molecule has 0 aromatic heterocycles. The van der Waals surface area contributed by atoms with E-state index in [-0.39, 0.29) is 16.9 Å². The molecular weight excluding hydrogens is 198 g/mol. The van der Waals surface area contributed by atoms with Crippen LogP contribution in [0.4, 0.5) is 0 Å². The molecule has 1 fully saturated rings. The maximum atomic E-state index is 10.4. The van der Waals surface area contributed by atoms with E-state index in [0.29, 0.717) is 0 Å². The smallest absolute Gasteiger partial charge is 0.211 e. The Labute approximate surface area is 98.8 Å². The van der Waals surface area contributed by atoms with E-state index < -0.39 is 0 Å². The number of allylic oxidation sites excluding steroid dienone is 2. The molecule has 90 valence electrons. The molecular formula is C14H23NO. The van der Waals surface area contributed by atoms with E-state index in [1.54, 1.807) is 6.08 Å². The summed E-state index contributed by atoms with van der Waals surface area (Å²) in [5.41, 5.74) is 0.554. The van der Waals surface area contributed by atoms with Crippen molar-refractivity contribution in [3.63, 3.8) is 0 Å². The quantitative estimate of drug-likeness (QED) is 0.404. The molecule has 2 atom stereocenters. The van der Waals surface area contributed by atoms with Crippen molar-refractivity contribution in [1.29, 1.82) is 0 Å². The number of rotatable bonds is 3. The van der Waals surface area contributed by atoms with Crippen LogP contribution >= 0.6 is 0 Å². The molecule has 1 saturated carbocycles. The average Bonchev–Trinajstić information content (AvgIpc) is 2.12. The third-order valence-corrected chi connectivity index (χ3v) is 3.50. The Morgan fingerprint density at radius 1 is 1.38 bits per heavy atom. The molecule has 0 N–H and O–H groups in total. The van der Waals surface area contributed by atoms with Gasteiger partial charge in [-0.2, -0.15) is 0 Å². The normalized spacial score (nSPS) is 33.6. The summed E-state index contributed by atoms with van der Waals surface area (Å²) in [6.45, 7) is 8.90. The fourth-order valence-corrected chi connectivity index (χ4v) is 3.30. The minimum Gasteiger partial charge on any atom is -0.211 e. The van der Waals surface area contributed by atoms with Gasteiger partial charge in [0.25, 0.3) is 0 Å². The molecule has 2 heteroatoms. The largest absolute Gasteiger partial charge is 0.235 e. The van der Waals surface area contributed by atoms with Gasteiger partial charge in [0, 0.05) is 0 Å². The van der Waals surface area contributed by atoms with Crippen LogP contribution in [0.25, 0.3) is 0 Å². The number of nitrogens with zero attached hydrogens (tertiary/aromatic N) is 1. The first-order valence-electron chi connectivity index (χ1n) is 6.09. The zero-order valence-electron chi connectivity index (χ0n) is 10.9. The molecule has 2 nitrogen and oxygen atoms in total. The third kappa shape index (κ3) is 3.61. The molecule has 16 heavy (non-hydrogen) atoms. The zero-order valence-corrected chi connectivity index (χ0v) is 10.9. The second kappa shape index (κ2) is 4.97. The summed E-state index contributed by atoms with van der Waals surface area (Å²) in [4.78, 5) is 14.4. The van der Waals surface area contributed by atoms with Gasteiger partial charge < -0.3 is 0 Å². The molecule has 2 unspecified atom stereocenters. The Morgan fingerprint density at radius 3 is 2.62 bits per heavy atom. The summed E-state index contributed by atoms with van der Waals surface area (Å²) in [5, 5.41) is 0. The van der Waals surface area contributed by atoms with Crippen LogP contribution in [0, 0.1) is 10.8 Å². The van der Waals surface area contributed by atoms with Crippen LogP contribution in [0.3, 0.4) is 0 Å². The molecule has 0 aliphatic heterocycles. The molecule has 0 bridgehead atoms. The van der Waals surface area contributed by atoms with Crippen LogP contribution in [-0.4, -0.2) is 12.1 Å². The van der Waals surface area contributed by atoms with E-state index >= 15 is 0 Å². The number of hydrogen-bond acceptors (Lipinski definition) is 2. The fourth-order valence-electron chi connectivity index (χ4n) is 3.30. The molecule has 0 amide bonds. The first-order chi connectivity index (χ1) is 7.41. The van der Waals surface area contributed by atoms with Gasteiger partial charge in [0.2, 0.25) is 6.08 Å². The fraction of sp³-hybridized carbons (Fsp3) is 0.786. The summed E-state index contributed by atoms with van der Waals surface area (Å²) < 4.78 is 0. The number of carbonyl (C=O) groups excluding carboxylic acids is 1. The highest BCUT2D eigenvalue weighted by molar-refractivity contribution is 5.33. The molecule has 1 aliphatic carbocycles. The lowest BCUT2D eigenvalue weighted by atomic mass is 9.61. The highest BCUT2D eigenvalue weighted by Crippen LogP contribution is 2.48. The highest BCUT2D eigenvalue weighted by atomic mass is 16.1. The van der Waals surface area contributed by atoms with E-state index in [9.17, 15) is 4.79 Å². The van der Waals surface area contributed by atoms with E-state index in [2.05, 4.69) is 44.8 Å². The van der Waals surface area contributed by atoms with E-state index in [1.165, 1.54) is 6.42 Å². The Balaban J connectivity index is 2.82. The number of hydrogen-bond donors (Lipinski definition) is 0. The summed E-state index contributed by atoms with van der Waals surface area (Å²) in [5.74, 6) is 0. The van der Waals surface area contributed by atoms with Gasteiger partial charge in [0.1, 0.15) is 0 Å². The lowest BCUT2D eigenvalue weighted by molar-refractivity contribution is 0.0866. The van der Waals surface area contributed by atoms with Gasteiger partial charge in [-0.05, 0) is 43.4 Å². The predicted octanol–water partition coefficient (Wildman–Crippen LogP) is 3.87. The van der Waals surface area contributed by atoms with Crippen molar-refractivity contribution < 1.29 is 4.79 Å². The number of isocyanates is 1. The number of aliphatic imine (C=N–C) groups is 1. The molecule has 0 aromatic carbocycles. The first-order valence-corrected chi connectivity index (χ1v) is 6.09. The Hall–Kier alpha value is -0.880. The van der Waals surface area contributed by atoms with Crippen LogP contribution in [0.2, 0.25) is 0 Å². The summed E-state index contributed by atoms with van der Waals surface area (Å²) in [6, 6.07) is 0.163. The molecule has 0 saturated heterocycles. The summed E-state index contributed by atoms with van der Waals surface area (Å²) >= 11 is 0. The predicted molar refractivity (Wildman–Crippen MR) is 67.1 cm³/mol. The molecule has 0 heterocycles. The summed E-state index contributed by atoms with van der Waals surface area (Å²) in [6.07, 6.45) is 10.4. The van der Waals surface area contributed by atoms with Gasteiger partial charge in [0.05, 0.1) is 6.04 Å². The lowest BCUT2D eigenvalue weighted by Gasteiger charge is -2.45. The van der Waals surface area contributed by atoms with Crippen molar-refractivity contribution in [3.8, 4) is 0 Å². The standard InChI is InChI=1S/C14H23NO/c1-5-6-7-14(4)9-12(15-11-16)8-13(2,3)10-14/h5-6,12H,7-10H2,1-4H3. The second-order valence-electron chi connectivity index (χ2n) is 6.21. The van der Waals surface area contributed by atoms with Crippen LogP contribution in [-0.2, 0) is 4.79 Å². The van der Waals surface area contributed by atoms with Gasteiger partial charge in [-0.1, -0.05) is 32.9 Å². The first kappa shape index (κ1) is 13.2. The Kier molecular flexibility index (Phi) is 4.09. The van der Waals surface area contributed by atoms with Crippen molar-refractivity contribution in [3.05, 3.63) is 12.2 Å². The van der Waals surface area contributed by atoms with Gasteiger partial charge in [-0.15, -0.1) is 0 Å². The second-order valence-corrected chi connectivity index (χ2v) is 6.21.